The van der Waals surface area contributed by atoms with Gasteiger partial charge in [0.2, 0.25) is 5.91 Å². The lowest BCUT2D eigenvalue weighted by Gasteiger charge is -2.35. The quantitative estimate of drug-likeness (QED) is 0.771. The molecule has 1 aliphatic rings. The first-order chi connectivity index (χ1) is 12.4. The number of carbonyl (C=O) groups excluding carboxylic acids is 1. The maximum Gasteiger partial charge on any atom is 0.416 e. The van der Waals surface area contributed by atoms with E-state index in [4.69, 9.17) is 0 Å². The molecule has 1 fully saturated rings. The lowest BCUT2D eigenvalue weighted by atomic mass is 10.1. The SMILES string of the molecule is O=C(C=Cc1cccc(C(F)(F)F)c1)N1CCN(c2ccccc2)CC1. The highest BCUT2D eigenvalue weighted by atomic mass is 19.4. The van der Waals surface area contributed by atoms with E-state index >= 15 is 0 Å². The number of piperazine rings is 1. The number of hydrogen-bond acceptors (Lipinski definition) is 2. The molecule has 0 aliphatic carbocycles. The number of amides is 1. The topological polar surface area (TPSA) is 23.6 Å². The van der Waals surface area contributed by atoms with Gasteiger partial charge in [-0.25, -0.2) is 0 Å². The monoisotopic (exact) mass is 360 g/mol. The third kappa shape index (κ3) is 4.45. The van der Waals surface area contributed by atoms with Crippen molar-refractivity contribution in [3.8, 4) is 0 Å². The molecule has 0 N–H and O–H groups in total. The van der Waals surface area contributed by atoms with E-state index in [1.165, 1.54) is 18.2 Å². The van der Waals surface area contributed by atoms with Crippen molar-refractivity contribution in [2.75, 3.05) is 31.1 Å². The van der Waals surface area contributed by atoms with Gasteiger partial charge in [-0.3, -0.25) is 4.79 Å². The van der Waals surface area contributed by atoms with Crippen molar-refractivity contribution < 1.29 is 18.0 Å². The lowest BCUT2D eigenvalue weighted by Crippen LogP contribution is -2.48. The number of anilines is 1. The van der Waals surface area contributed by atoms with E-state index in [0.717, 1.165) is 30.9 Å². The summed E-state index contributed by atoms with van der Waals surface area (Å²) >= 11 is 0. The smallest absolute Gasteiger partial charge is 0.368 e. The Morgan fingerprint density at radius 3 is 2.27 bits per heavy atom. The number of rotatable bonds is 3. The number of benzene rings is 2. The minimum Gasteiger partial charge on any atom is -0.368 e. The molecule has 1 saturated heterocycles. The summed E-state index contributed by atoms with van der Waals surface area (Å²) < 4.78 is 38.2. The summed E-state index contributed by atoms with van der Waals surface area (Å²) in [6.45, 7) is 2.63. The zero-order valence-electron chi connectivity index (χ0n) is 14.1. The summed E-state index contributed by atoms with van der Waals surface area (Å²) in [5, 5.41) is 0. The number of para-hydroxylation sites is 1. The normalized spacial score (nSPS) is 15.5. The summed E-state index contributed by atoms with van der Waals surface area (Å²) in [5.41, 5.74) is 0.763. The molecule has 136 valence electrons. The van der Waals surface area contributed by atoms with E-state index in [2.05, 4.69) is 4.90 Å². The van der Waals surface area contributed by atoms with Gasteiger partial charge >= 0.3 is 6.18 Å². The molecule has 0 radical (unpaired) electrons. The fourth-order valence-electron chi connectivity index (χ4n) is 2.92. The van der Waals surface area contributed by atoms with Crippen molar-refractivity contribution in [2.45, 2.75) is 6.18 Å². The van der Waals surface area contributed by atoms with Gasteiger partial charge in [-0.05, 0) is 35.9 Å². The standard InChI is InChI=1S/C20H19F3N2O/c21-20(22,23)17-6-4-5-16(15-17)9-10-19(26)25-13-11-24(12-14-25)18-7-2-1-3-8-18/h1-10,15H,11-14H2. The van der Waals surface area contributed by atoms with Crippen molar-refractivity contribution in [3.63, 3.8) is 0 Å². The number of alkyl halides is 3. The van der Waals surface area contributed by atoms with Crippen LogP contribution >= 0.6 is 0 Å². The molecule has 0 aromatic heterocycles. The fraction of sp³-hybridized carbons (Fsp3) is 0.250. The van der Waals surface area contributed by atoms with Crippen LogP contribution in [0.25, 0.3) is 6.08 Å². The zero-order valence-corrected chi connectivity index (χ0v) is 14.1. The predicted octanol–water partition coefficient (Wildman–Crippen LogP) is 4.07. The Balaban J connectivity index is 1.58. The molecule has 1 heterocycles. The van der Waals surface area contributed by atoms with E-state index in [9.17, 15) is 18.0 Å². The maximum absolute atomic E-state index is 12.7. The van der Waals surface area contributed by atoms with Gasteiger partial charge < -0.3 is 9.80 Å². The van der Waals surface area contributed by atoms with Crippen LogP contribution in [0.4, 0.5) is 18.9 Å². The molecule has 0 spiro atoms. The van der Waals surface area contributed by atoms with E-state index in [0.29, 0.717) is 18.7 Å². The summed E-state index contributed by atoms with van der Waals surface area (Å²) in [6, 6.07) is 14.9. The lowest BCUT2D eigenvalue weighted by molar-refractivity contribution is -0.137. The molecule has 0 saturated carbocycles. The molecule has 0 unspecified atom stereocenters. The largest absolute Gasteiger partial charge is 0.416 e. The van der Waals surface area contributed by atoms with Crippen molar-refractivity contribution in [2.24, 2.45) is 0 Å². The van der Waals surface area contributed by atoms with Gasteiger partial charge in [0.05, 0.1) is 5.56 Å². The average Bonchev–Trinajstić information content (AvgIpc) is 2.66. The van der Waals surface area contributed by atoms with Crippen molar-refractivity contribution in [3.05, 3.63) is 71.8 Å². The van der Waals surface area contributed by atoms with E-state index < -0.39 is 11.7 Å². The molecule has 1 amide bonds. The summed E-state index contributed by atoms with van der Waals surface area (Å²) in [7, 11) is 0. The van der Waals surface area contributed by atoms with Crippen LogP contribution in [-0.4, -0.2) is 37.0 Å². The van der Waals surface area contributed by atoms with Crippen LogP contribution < -0.4 is 4.90 Å². The van der Waals surface area contributed by atoms with E-state index in [1.807, 2.05) is 30.3 Å². The first-order valence-corrected chi connectivity index (χ1v) is 8.38. The van der Waals surface area contributed by atoms with Crippen LogP contribution in [0, 0.1) is 0 Å². The average molecular weight is 360 g/mol. The van der Waals surface area contributed by atoms with Crippen molar-refractivity contribution in [1.82, 2.24) is 4.90 Å². The first-order valence-electron chi connectivity index (χ1n) is 8.38. The van der Waals surface area contributed by atoms with Gasteiger partial charge in [-0.2, -0.15) is 13.2 Å². The number of nitrogens with zero attached hydrogens (tertiary/aromatic N) is 2. The minimum atomic E-state index is -4.39. The van der Waals surface area contributed by atoms with Gasteiger partial charge in [0.25, 0.3) is 0 Å². The molecule has 2 aromatic carbocycles. The Morgan fingerprint density at radius 1 is 0.923 bits per heavy atom. The van der Waals surface area contributed by atoms with Gasteiger partial charge in [-0.1, -0.05) is 30.3 Å². The third-order valence-corrected chi connectivity index (χ3v) is 4.34. The molecular weight excluding hydrogens is 341 g/mol. The second kappa shape index (κ2) is 7.64. The van der Waals surface area contributed by atoms with Gasteiger partial charge in [0.15, 0.2) is 0 Å². The van der Waals surface area contributed by atoms with E-state index in [1.54, 1.807) is 11.0 Å². The van der Waals surface area contributed by atoms with Crippen LogP contribution in [0.2, 0.25) is 0 Å². The Bertz CT molecular complexity index is 779. The minimum absolute atomic E-state index is 0.185. The van der Waals surface area contributed by atoms with Gasteiger partial charge in [0, 0.05) is 37.9 Å². The Kier molecular flexibility index (Phi) is 5.30. The Morgan fingerprint density at radius 2 is 1.62 bits per heavy atom. The number of hydrogen-bond donors (Lipinski definition) is 0. The highest BCUT2D eigenvalue weighted by Crippen LogP contribution is 2.29. The molecule has 26 heavy (non-hydrogen) atoms. The summed E-state index contributed by atoms with van der Waals surface area (Å²) in [6.07, 6.45) is -1.61. The number of halogens is 3. The Labute approximate surface area is 150 Å². The van der Waals surface area contributed by atoms with Gasteiger partial charge in [-0.15, -0.1) is 0 Å². The second-order valence-electron chi connectivity index (χ2n) is 6.10. The van der Waals surface area contributed by atoms with Crippen LogP contribution in [0.1, 0.15) is 11.1 Å². The first kappa shape index (κ1) is 18.0. The summed E-state index contributed by atoms with van der Waals surface area (Å²) in [5.74, 6) is -0.185. The highest BCUT2D eigenvalue weighted by molar-refractivity contribution is 5.92. The van der Waals surface area contributed by atoms with Crippen molar-refractivity contribution in [1.29, 1.82) is 0 Å². The molecule has 6 heteroatoms. The zero-order chi connectivity index (χ0) is 18.6. The van der Waals surface area contributed by atoms with Crippen LogP contribution in [0.5, 0.6) is 0 Å². The molecule has 2 aromatic rings. The van der Waals surface area contributed by atoms with E-state index in [-0.39, 0.29) is 5.91 Å². The highest BCUT2D eigenvalue weighted by Gasteiger charge is 2.30. The van der Waals surface area contributed by atoms with Crippen LogP contribution in [-0.2, 0) is 11.0 Å². The molecule has 0 bridgehead atoms. The second-order valence-corrected chi connectivity index (χ2v) is 6.10. The molecule has 3 rings (SSSR count). The predicted molar refractivity (Wildman–Crippen MR) is 95.7 cm³/mol. The molecular formula is C20H19F3N2O. The Hall–Kier alpha value is -2.76. The fourth-order valence-corrected chi connectivity index (χ4v) is 2.92. The summed E-state index contributed by atoms with van der Waals surface area (Å²) in [4.78, 5) is 16.2. The third-order valence-electron chi connectivity index (χ3n) is 4.34. The van der Waals surface area contributed by atoms with Gasteiger partial charge in [0.1, 0.15) is 0 Å². The molecule has 3 nitrogen and oxygen atoms in total. The molecule has 1 aliphatic heterocycles. The number of carbonyl (C=O) groups is 1. The maximum atomic E-state index is 12.7. The van der Waals surface area contributed by atoms with Crippen LogP contribution in [0.15, 0.2) is 60.7 Å². The molecule has 0 atom stereocenters. The van der Waals surface area contributed by atoms with Crippen molar-refractivity contribution >= 4 is 17.7 Å². The van der Waals surface area contributed by atoms with Crippen LogP contribution in [0.3, 0.4) is 0 Å².